The Kier molecular flexibility index (Phi) is 1.46. The van der Waals surface area contributed by atoms with E-state index in [-0.39, 0.29) is 0 Å². The summed E-state index contributed by atoms with van der Waals surface area (Å²) in [6.45, 7) is 4.51. The van der Waals surface area contributed by atoms with E-state index in [1.54, 1.807) is 0 Å². The van der Waals surface area contributed by atoms with Gasteiger partial charge in [0.25, 0.3) is 0 Å². The van der Waals surface area contributed by atoms with Crippen molar-refractivity contribution in [1.82, 2.24) is 10.6 Å². The molecule has 1 heterocycles. The molecule has 2 rings (SSSR count). The van der Waals surface area contributed by atoms with E-state index in [4.69, 9.17) is 0 Å². The second-order valence-corrected chi connectivity index (χ2v) is 3.45. The Morgan fingerprint density at radius 1 is 1.60 bits per heavy atom. The van der Waals surface area contributed by atoms with Crippen LogP contribution in [0.25, 0.3) is 0 Å². The maximum atomic E-state index is 3.56. The van der Waals surface area contributed by atoms with Crippen LogP contribution in [-0.2, 0) is 0 Å². The molecule has 1 saturated heterocycles. The summed E-state index contributed by atoms with van der Waals surface area (Å²) in [5, 5.41) is 7.11. The van der Waals surface area contributed by atoms with E-state index in [2.05, 4.69) is 17.6 Å². The first-order valence-electron chi connectivity index (χ1n) is 4.37. The molecule has 2 unspecified atom stereocenters. The van der Waals surface area contributed by atoms with Crippen molar-refractivity contribution in [1.29, 1.82) is 0 Å². The highest BCUT2D eigenvalue weighted by Gasteiger charge is 2.48. The topological polar surface area (TPSA) is 24.1 Å². The molecule has 2 nitrogen and oxygen atoms in total. The Morgan fingerprint density at radius 3 is 3.00 bits per heavy atom. The van der Waals surface area contributed by atoms with Crippen LogP contribution in [0, 0.1) is 5.92 Å². The highest BCUT2D eigenvalue weighted by molar-refractivity contribution is 5.04. The number of hydrogen-bond acceptors (Lipinski definition) is 2. The lowest BCUT2D eigenvalue weighted by atomic mass is 9.74. The predicted molar refractivity (Wildman–Crippen MR) is 41.8 cm³/mol. The van der Waals surface area contributed by atoms with Gasteiger partial charge in [-0.3, -0.25) is 10.6 Å². The molecular weight excluding hydrogens is 124 g/mol. The third kappa shape index (κ3) is 0.722. The van der Waals surface area contributed by atoms with Crippen LogP contribution in [0.2, 0.25) is 0 Å². The van der Waals surface area contributed by atoms with Gasteiger partial charge in [-0.25, -0.2) is 0 Å². The third-order valence-corrected chi connectivity index (χ3v) is 3.01. The first-order valence-corrected chi connectivity index (χ1v) is 4.37. The molecule has 0 aromatic carbocycles. The normalized spacial score (nSPS) is 44.7. The van der Waals surface area contributed by atoms with Crippen LogP contribution in [-0.4, -0.2) is 18.8 Å². The number of nitrogens with one attached hydrogen (secondary N) is 2. The Balaban J connectivity index is 2.00. The summed E-state index contributed by atoms with van der Waals surface area (Å²) in [5.41, 5.74) is 0.384. The number of fused-ring (bicyclic) bond motifs is 1. The van der Waals surface area contributed by atoms with Crippen LogP contribution in [0.4, 0.5) is 0 Å². The SMILES string of the molecule is CCNC12CCC1CCN2. The molecule has 0 radical (unpaired) electrons. The summed E-state index contributed by atoms with van der Waals surface area (Å²) in [4.78, 5) is 0. The molecule has 2 aliphatic rings. The van der Waals surface area contributed by atoms with E-state index in [1.807, 2.05) is 0 Å². The lowest BCUT2D eigenvalue weighted by Gasteiger charge is -2.45. The van der Waals surface area contributed by atoms with Crippen molar-refractivity contribution >= 4 is 0 Å². The van der Waals surface area contributed by atoms with E-state index in [9.17, 15) is 0 Å². The zero-order valence-corrected chi connectivity index (χ0v) is 6.61. The fraction of sp³-hybridized carbons (Fsp3) is 1.00. The summed E-state index contributed by atoms with van der Waals surface area (Å²) in [6, 6.07) is 0. The van der Waals surface area contributed by atoms with Gasteiger partial charge in [0, 0.05) is 0 Å². The molecule has 1 saturated carbocycles. The molecule has 1 aliphatic carbocycles. The Bertz CT molecular complexity index is 135. The molecule has 2 heteroatoms. The van der Waals surface area contributed by atoms with Gasteiger partial charge in [-0.05, 0) is 38.3 Å². The van der Waals surface area contributed by atoms with Gasteiger partial charge in [0.15, 0.2) is 0 Å². The average molecular weight is 140 g/mol. The zero-order chi connectivity index (χ0) is 7.03. The van der Waals surface area contributed by atoms with Gasteiger partial charge >= 0.3 is 0 Å². The maximum absolute atomic E-state index is 3.56. The second-order valence-electron chi connectivity index (χ2n) is 3.45. The van der Waals surface area contributed by atoms with Gasteiger partial charge in [0.05, 0.1) is 5.66 Å². The van der Waals surface area contributed by atoms with Gasteiger partial charge in [0.2, 0.25) is 0 Å². The molecule has 0 bridgehead atoms. The summed E-state index contributed by atoms with van der Waals surface area (Å²) in [5.74, 6) is 0.937. The van der Waals surface area contributed by atoms with Crippen molar-refractivity contribution < 1.29 is 0 Å². The van der Waals surface area contributed by atoms with Crippen molar-refractivity contribution in [3.05, 3.63) is 0 Å². The summed E-state index contributed by atoms with van der Waals surface area (Å²) in [7, 11) is 0. The van der Waals surface area contributed by atoms with Crippen LogP contribution in [0.1, 0.15) is 26.2 Å². The van der Waals surface area contributed by atoms with Crippen molar-refractivity contribution in [3.63, 3.8) is 0 Å². The molecule has 58 valence electrons. The zero-order valence-electron chi connectivity index (χ0n) is 6.61. The van der Waals surface area contributed by atoms with E-state index in [0.29, 0.717) is 5.66 Å². The fourth-order valence-corrected chi connectivity index (χ4v) is 2.34. The van der Waals surface area contributed by atoms with Gasteiger partial charge in [-0.15, -0.1) is 0 Å². The Morgan fingerprint density at radius 2 is 2.50 bits per heavy atom. The molecule has 0 amide bonds. The van der Waals surface area contributed by atoms with Crippen LogP contribution < -0.4 is 10.6 Å². The molecule has 0 aromatic heterocycles. The molecule has 2 atom stereocenters. The van der Waals surface area contributed by atoms with E-state index >= 15 is 0 Å². The molecular formula is C8H16N2. The van der Waals surface area contributed by atoms with Gasteiger partial charge in [-0.1, -0.05) is 6.92 Å². The van der Waals surface area contributed by atoms with E-state index < -0.39 is 0 Å². The van der Waals surface area contributed by atoms with E-state index in [1.165, 1.54) is 25.8 Å². The molecule has 0 spiro atoms. The largest absolute Gasteiger partial charge is 0.299 e. The Hall–Kier alpha value is -0.0800. The Labute approximate surface area is 62.4 Å². The molecule has 2 fully saturated rings. The predicted octanol–water partition coefficient (Wildman–Crippen LogP) is 0.696. The lowest BCUT2D eigenvalue weighted by Crippen LogP contribution is -2.62. The monoisotopic (exact) mass is 140 g/mol. The standard InChI is InChI=1S/C8H16N2/c1-2-9-8-5-3-7(8)4-6-10-8/h7,9-10H,2-6H2,1H3. The first-order chi connectivity index (χ1) is 4.87. The summed E-state index contributed by atoms with van der Waals surface area (Å²) < 4.78 is 0. The summed E-state index contributed by atoms with van der Waals surface area (Å²) >= 11 is 0. The van der Waals surface area contributed by atoms with E-state index in [0.717, 1.165) is 12.5 Å². The van der Waals surface area contributed by atoms with Crippen molar-refractivity contribution in [2.75, 3.05) is 13.1 Å². The highest BCUT2D eigenvalue weighted by atomic mass is 15.2. The fourth-order valence-electron chi connectivity index (χ4n) is 2.34. The first kappa shape index (κ1) is 6.62. The van der Waals surface area contributed by atoms with Gasteiger partial charge < -0.3 is 0 Å². The quantitative estimate of drug-likeness (QED) is 0.590. The smallest absolute Gasteiger partial charge is 0.0716 e. The van der Waals surface area contributed by atoms with Crippen LogP contribution in [0.3, 0.4) is 0 Å². The van der Waals surface area contributed by atoms with Gasteiger partial charge in [-0.2, -0.15) is 0 Å². The van der Waals surface area contributed by atoms with Crippen LogP contribution in [0.15, 0.2) is 0 Å². The number of rotatable bonds is 2. The molecule has 2 N–H and O–H groups in total. The second kappa shape index (κ2) is 2.21. The minimum absolute atomic E-state index is 0.384. The van der Waals surface area contributed by atoms with Crippen molar-refractivity contribution in [2.45, 2.75) is 31.8 Å². The van der Waals surface area contributed by atoms with Crippen LogP contribution >= 0.6 is 0 Å². The molecule has 1 aliphatic heterocycles. The lowest BCUT2D eigenvalue weighted by molar-refractivity contribution is 0.0972. The minimum Gasteiger partial charge on any atom is -0.299 e. The van der Waals surface area contributed by atoms with Gasteiger partial charge in [0.1, 0.15) is 0 Å². The minimum atomic E-state index is 0.384. The third-order valence-electron chi connectivity index (χ3n) is 3.01. The van der Waals surface area contributed by atoms with Crippen molar-refractivity contribution in [3.8, 4) is 0 Å². The number of hydrogen-bond donors (Lipinski definition) is 2. The molecule has 10 heavy (non-hydrogen) atoms. The highest BCUT2D eigenvalue weighted by Crippen LogP contribution is 2.42. The van der Waals surface area contributed by atoms with Crippen molar-refractivity contribution in [2.24, 2.45) is 5.92 Å². The molecule has 0 aromatic rings. The maximum Gasteiger partial charge on any atom is 0.0716 e. The summed E-state index contributed by atoms with van der Waals surface area (Å²) in [6.07, 6.45) is 4.15. The van der Waals surface area contributed by atoms with Crippen LogP contribution in [0.5, 0.6) is 0 Å². The average Bonchev–Trinajstić information content (AvgIpc) is 2.15.